The quantitative estimate of drug-likeness (QED) is 0.920. The number of hydrogen-bond donors (Lipinski definition) is 1. The molecule has 2 rings (SSSR count). The molecule has 1 N–H and O–H groups in total. The third-order valence-corrected chi connectivity index (χ3v) is 4.07. The number of aliphatic hydroxyl groups is 1. The smallest absolute Gasteiger partial charge is 0.410 e. The largest absolute Gasteiger partial charge is 0.444 e. The Balaban J connectivity index is 1.98. The number of carbonyl (C=O) groups excluding carboxylic acids is 1. The highest BCUT2D eigenvalue weighted by atomic mass is 16.6. The molecule has 0 unspecified atom stereocenters. The molecule has 1 fully saturated rings. The molecule has 0 spiro atoms. The number of amides is 1. The van der Waals surface area contributed by atoms with Crippen molar-refractivity contribution in [1.82, 2.24) is 9.88 Å². The van der Waals surface area contributed by atoms with Crippen LogP contribution in [0.15, 0.2) is 12.3 Å². The van der Waals surface area contributed by atoms with Crippen LogP contribution in [0.25, 0.3) is 0 Å². The van der Waals surface area contributed by atoms with E-state index in [4.69, 9.17) is 4.74 Å². The zero-order chi connectivity index (χ0) is 17.9. The molecule has 1 aliphatic heterocycles. The third-order valence-electron chi connectivity index (χ3n) is 4.07. The van der Waals surface area contributed by atoms with E-state index in [0.717, 1.165) is 30.0 Å². The van der Waals surface area contributed by atoms with Crippen molar-refractivity contribution in [3.63, 3.8) is 0 Å². The van der Waals surface area contributed by atoms with Gasteiger partial charge < -0.3 is 19.6 Å². The van der Waals surface area contributed by atoms with Gasteiger partial charge >= 0.3 is 6.09 Å². The standard InChI is InChI=1S/C18H29N3O3/c1-6-15(22)14-11-13(2)16(19-12-14)20-7-9-21(10-8-20)17(23)24-18(3,4)5/h11-12,15,22H,6-10H2,1-5H3/t15-/m0/s1. The predicted molar refractivity (Wildman–Crippen MR) is 94.2 cm³/mol. The fourth-order valence-corrected chi connectivity index (χ4v) is 2.77. The monoisotopic (exact) mass is 335 g/mol. The molecule has 1 saturated heterocycles. The van der Waals surface area contributed by atoms with Gasteiger partial charge in [0.05, 0.1) is 6.10 Å². The van der Waals surface area contributed by atoms with E-state index in [0.29, 0.717) is 19.5 Å². The Morgan fingerprint density at radius 3 is 2.46 bits per heavy atom. The Hall–Kier alpha value is -1.82. The Bertz CT molecular complexity index is 575. The summed E-state index contributed by atoms with van der Waals surface area (Å²) in [5.41, 5.74) is 1.43. The molecule has 2 heterocycles. The topological polar surface area (TPSA) is 65.9 Å². The van der Waals surface area contributed by atoms with Crippen LogP contribution in [-0.2, 0) is 4.74 Å². The number of aliphatic hydroxyl groups excluding tert-OH is 1. The number of piperazine rings is 1. The summed E-state index contributed by atoms with van der Waals surface area (Å²) in [4.78, 5) is 20.6. The summed E-state index contributed by atoms with van der Waals surface area (Å²) in [6.07, 6.45) is 1.70. The average Bonchev–Trinajstić information content (AvgIpc) is 2.52. The summed E-state index contributed by atoms with van der Waals surface area (Å²) in [7, 11) is 0. The zero-order valence-corrected chi connectivity index (χ0v) is 15.4. The molecular formula is C18H29N3O3. The van der Waals surface area contributed by atoms with E-state index in [1.807, 2.05) is 40.7 Å². The summed E-state index contributed by atoms with van der Waals surface area (Å²) >= 11 is 0. The summed E-state index contributed by atoms with van der Waals surface area (Å²) in [5, 5.41) is 9.93. The van der Waals surface area contributed by atoms with E-state index in [9.17, 15) is 9.90 Å². The Labute approximate surface area is 144 Å². The average molecular weight is 335 g/mol. The lowest BCUT2D eigenvalue weighted by atomic mass is 10.1. The van der Waals surface area contributed by atoms with Crippen molar-refractivity contribution in [2.75, 3.05) is 31.1 Å². The maximum atomic E-state index is 12.1. The minimum absolute atomic E-state index is 0.256. The Morgan fingerprint density at radius 1 is 1.33 bits per heavy atom. The highest BCUT2D eigenvalue weighted by Crippen LogP contribution is 2.24. The number of rotatable bonds is 3. The first-order valence-corrected chi connectivity index (χ1v) is 8.58. The fraction of sp³-hybridized carbons (Fsp3) is 0.667. The molecule has 6 heteroatoms. The lowest BCUT2D eigenvalue weighted by molar-refractivity contribution is 0.0240. The maximum absolute atomic E-state index is 12.1. The molecule has 134 valence electrons. The lowest BCUT2D eigenvalue weighted by Crippen LogP contribution is -2.50. The molecule has 0 saturated carbocycles. The number of aromatic nitrogens is 1. The van der Waals surface area contributed by atoms with Crippen molar-refractivity contribution in [2.45, 2.75) is 52.7 Å². The first kappa shape index (κ1) is 18.5. The van der Waals surface area contributed by atoms with Crippen LogP contribution in [0.5, 0.6) is 0 Å². The molecule has 1 amide bonds. The number of aryl methyl sites for hydroxylation is 1. The first-order chi connectivity index (χ1) is 11.2. The minimum Gasteiger partial charge on any atom is -0.444 e. The molecule has 0 aliphatic carbocycles. The van der Waals surface area contributed by atoms with Crippen LogP contribution in [0.2, 0.25) is 0 Å². The number of nitrogens with zero attached hydrogens (tertiary/aromatic N) is 3. The second-order valence-electron chi connectivity index (χ2n) is 7.29. The predicted octanol–water partition coefficient (Wildman–Crippen LogP) is 2.89. The van der Waals surface area contributed by atoms with Crippen LogP contribution in [0.4, 0.5) is 10.6 Å². The van der Waals surface area contributed by atoms with Gasteiger partial charge in [0.15, 0.2) is 0 Å². The highest BCUT2D eigenvalue weighted by Gasteiger charge is 2.26. The molecule has 1 aliphatic rings. The third kappa shape index (κ3) is 4.60. The summed E-state index contributed by atoms with van der Waals surface area (Å²) in [6.45, 7) is 12.3. The Morgan fingerprint density at radius 2 is 1.96 bits per heavy atom. The van der Waals surface area contributed by atoms with Gasteiger partial charge in [0.2, 0.25) is 0 Å². The van der Waals surface area contributed by atoms with E-state index >= 15 is 0 Å². The molecule has 1 aromatic heterocycles. The van der Waals surface area contributed by atoms with Crippen molar-refractivity contribution in [2.24, 2.45) is 0 Å². The molecule has 1 atom stereocenters. The second-order valence-corrected chi connectivity index (χ2v) is 7.29. The van der Waals surface area contributed by atoms with E-state index in [2.05, 4.69) is 9.88 Å². The van der Waals surface area contributed by atoms with E-state index in [-0.39, 0.29) is 6.09 Å². The molecule has 6 nitrogen and oxygen atoms in total. The summed E-state index contributed by atoms with van der Waals surface area (Å²) < 4.78 is 5.42. The van der Waals surface area contributed by atoms with Crippen LogP contribution in [-0.4, -0.2) is 52.9 Å². The molecule has 1 aromatic rings. The number of anilines is 1. The normalized spacial score (nSPS) is 16.9. The summed E-state index contributed by atoms with van der Waals surface area (Å²) in [5.74, 6) is 0.922. The molecule has 24 heavy (non-hydrogen) atoms. The van der Waals surface area contributed by atoms with Gasteiger partial charge in [-0.1, -0.05) is 6.92 Å². The maximum Gasteiger partial charge on any atom is 0.410 e. The highest BCUT2D eigenvalue weighted by molar-refractivity contribution is 5.68. The number of hydrogen-bond acceptors (Lipinski definition) is 5. The van der Waals surface area contributed by atoms with Crippen molar-refractivity contribution in [3.05, 3.63) is 23.4 Å². The number of pyridine rings is 1. The van der Waals surface area contributed by atoms with Gasteiger partial charge in [-0.05, 0) is 51.3 Å². The van der Waals surface area contributed by atoms with Gasteiger partial charge in [0.25, 0.3) is 0 Å². The van der Waals surface area contributed by atoms with Crippen LogP contribution in [0, 0.1) is 6.92 Å². The van der Waals surface area contributed by atoms with Gasteiger partial charge in [-0.15, -0.1) is 0 Å². The van der Waals surface area contributed by atoms with Crippen LogP contribution in [0.1, 0.15) is 51.3 Å². The van der Waals surface area contributed by atoms with Gasteiger partial charge in [-0.3, -0.25) is 0 Å². The van der Waals surface area contributed by atoms with Crippen molar-refractivity contribution < 1.29 is 14.6 Å². The minimum atomic E-state index is -0.470. The van der Waals surface area contributed by atoms with E-state index in [1.54, 1.807) is 11.1 Å². The molecule has 0 bridgehead atoms. The van der Waals surface area contributed by atoms with Gasteiger partial charge in [0, 0.05) is 32.4 Å². The van der Waals surface area contributed by atoms with Crippen LogP contribution in [0.3, 0.4) is 0 Å². The van der Waals surface area contributed by atoms with Gasteiger partial charge in [0.1, 0.15) is 11.4 Å². The Kier molecular flexibility index (Phi) is 5.70. The molecule has 0 aromatic carbocycles. The van der Waals surface area contributed by atoms with Gasteiger partial charge in [-0.2, -0.15) is 0 Å². The number of carbonyl (C=O) groups is 1. The second kappa shape index (κ2) is 7.38. The fourth-order valence-electron chi connectivity index (χ4n) is 2.77. The van der Waals surface area contributed by atoms with Crippen molar-refractivity contribution in [3.8, 4) is 0 Å². The first-order valence-electron chi connectivity index (χ1n) is 8.58. The zero-order valence-electron chi connectivity index (χ0n) is 15.4. The van der Waals surface area contributed by atoms with Crippen molar-refractivity contribution >= 4 is 11.9 Å². The van der Waals surface area contributed by atoms with Crippen LogP contribution >= 0.6 is 0 Å². The van der Waals surface area contributed by atoms with E-state index in [1.165, 1.54) is 0 Å². The molecular weight excluding hydrogens is 306 g/mol. The molecule has 0 radical (unpaired) electrons. The number of ether oxygens (including phenoxy) is 1. The van der Waals surface area contributed by atoms with E-state index < -0.39 is 11.7 Å². The lowest BCUT2D eigenvalue weighted by Gasteiger charge is -2.36. The summed E-state index contributed by atoms with van der Waals surface area (Å²) in [6, 6.07) is 2.00. The van der Waals surface area contributed by atoms with Crippen LogP contribution < -0.4 is 4.90 Å². The van der Waals surface area contributed by atoms with Crippen molar-refractivity contribution in [1.29, 1.82) is 0 Å². The SMILES string of the molecule is CC[C@H](O)c1cnc(N2CCN(C(=O)OC(C)(C)C)CC2)c(C)c1. The van der Waals surface area contributed by atoms with Gasteiger partial charge in [-0.25, -0.2) is 9.78 Å².